The summed E-state index contributed by atoms with van der Waals surface area (Å²) in [6.07, 6.45) is -11.4. The topological polar surface area (TPSA) is 115 Å². The first-order valence-electron chi connectivity index (χ1n) is 19.2. The maximum atomic E-state index is 15.0. The van der Waals surface area contributed by atoms with Gasteiger partial charge >= 0.3 is 53.7 Å². The Hall–Kier alpha value is -4.53. The van der Waals surface area contributed by atoms with E-state index in [0.29, 0.717) is 22.6 Å². The molecular weight excluding hydrogens is 959 g/mol. The molecule has 0 aliphatic heterocycles. The van der Waals surface area contributed by atoms with E-state index in [1.54, 1.807) is 19.1 Å². The summed E-state index contributed by atoms with van der Waals surface area (Å²) >= 11 is 0. The fourth-order valence-corrected chi connectivity index (χ4v) is 11.0. The normalized spacial score (nSPS) is 15.1. The van der Waals surface area contributed by atoms with Gasteiger partial charge in [-0.3, -0.25) is 15.3 Å². The molecular formula is C39H45F17N2O7Si. The molecule has 3 N–H and O–H groups in total. The Kier molecular flexibility index (Phi) is 18.1. The van der Waals surface area contributed by atoms with E-state index in [9.17, 15) is 75.4 Å². The highest BCUT2D eigenvalue weighted by molar-refractivity contribution is 6.76. The monoisotopic (exact) mass is 1000 g/mol. The number of carbonyl (C=O) groups excluding carboxylic acids is 2. The summed E-state index contributed by atoms with van der Waals surface area (Å²) in [6.45, 7) is 7.31. The number of carbonyl (C=O) groups is 2. The lowest BCUT2D eigenvalue weighted by Crippen LogP contribution is -2.74. The third kappa shape index (κ3) is 11.4. The maximum absolute atomic E-state index is 15.0. The van der Waals surface area contributed by atoms with Crippen LogP contribution in [0.5, 0.6) is 11.5 Å². The first kappa shape index (κ1) is 57.6. The number of halogens is 17. The molecule has 2 rings (SSSR count). The Balaban J connectivity index is 2.32. The lowest BCUT2D eigenvalue weighted by Gasteiger charge is -2.44. The number of hydrogen-bond donors (Lipinski definition) is 3. The van der Waals surface area contributed by atoms with Crippen LogP contribution >= 0.6 is 0 Å². The molecule has 2 aromatic carbocycles. The summed E-state index contributed by atoms with van der Waals surface area (Å²) in [4.78, 5) is 24.8. The van der Waals surface area contributed by atoms with E-state index in [1.807, 2.05) is 0 Å². The van der Waals surface area contributed by atoms with Crippen molar-refractivity contribution in [2.75, 3.05) is 25.6 Å². The summed E-state index contributed by atoms with van der Waals surface area (Å²) in [6, 6.07) is 10.4. The number of rotatable bonds is 23. The van der Waals surface area contributed by atoms with Crippen molar-refractivity contribution in [1.82, 2.24) is 5.48 Å². The van der Waals surface area contributed by atoms with Crippen molar-refractivity contribution in [3.05, 3.63) is 65.7 Å². The van der Waals surface area contributed by atoms with E-state index in [-0.39, 0.29) is 5.75 Å². The van der Waals surface area contributed by atoms with Crippen molar-refractivity contribution in [3.8, 4) is 11.5 Å². The van der Waals surface area contributed by atoms with Crippen LogP contribution in [0.25, 0.3) is 0 Å². The Morgan fingerprint density at radius 2 is 1.12 bits per heavy atom. The molecule has 2 atom stereocenters. The van der Waals surface area contributed by atoms with Crippen LogP contribution in [0.15, 0.2) is 60.2 Å². The van der Waals surface area contributed by atoms with Crippen LogP contribution in [-0.4, -0.2) is 93.5 Å². The smallest absolute Gasteiger partial charge is 0.460 e. The van der Waals surface area contributed by atoms with Crippen molar-refractivity contribution < 1.29 is 108 Å². The van der Waals surface area contributed by atoms with Crippen LogP contribution in [-0.2, 0) is 14.0 Å². The van der Waals surface area contributed by atoms with Crippen molar-refractivity contribution in [2.45, 2.75) is 119 Å². The predicted molar refractivity (Wildman–Crippen MR) is 203 cm³/mol. The molecule has 0 spiro atoms. The summed E-state index contributed by atoms with van der Waals surface area (Å²) in [5.74, 6) is -57.9. The van der Waals surface area contributed by atoms with Crippen LogP contribution in [0, 0.1) is 5.92 Å². The molecule has 2 aromatic rings. The van der Waals surface area contributed by atoms with Gasteiger partial charge in [0.05, 0.1) is 13.7 Å². The van der Waals surface area contributed by atoms with Gasteiger partial charge in [-0.25, -0.2) is 10.3 Å². The van der Waals surface area contributed by atoms with E-state index >= 15 is 8.78 Å². The Labute approximate surface area is 367 Å². The summed E-state index contributed by atoms with van der Waals surface area (Å²) in [7, 11) is -2.60. The minimum Gasteiger partial charge on any atom is -0.497 e. The fourth-order valence-electron chi connectivity index (χ4n) is 6.51. The van der Waals surface area contributed by atoms with Crippen molar-refractivity contribution in [2.24, 2.45) is 5.92 Å². The number of ether oxygens (including phenoxy) is 3. The molecule has 0 aromatic heterocycles. The molecule has 0 fully saturated rings. The number of methoxy groups -OCH3 is 1. The van der Waals surface area contributed by atoms with E-state index in [1.165, 1.54) is 83.6 Å². The first-order valence-corrected chi connectivity index (χ1v) is 21.5. The molecule has 0 bridgehead atoms. The van der Waals surface area contributed by atoms with E-state index in [0.717, 1.165) is 6.08 Å². The number of amides is 2. The minimum absolute atomic E-state index is 0.0782. The van der Waals surface area contributed by atoms with Crippen LogP contribution in [0.1, 0.15) is 59.6 Å². The van der Waals surface area contributed by atoms with Crippen molar-refractivity contribution >= 4 is 26.0 Å². The lowest BCUT2D eigenvalue weighted by molar-refractivity contribution is -0.461. The molecule has 0 aliphatic rings. The number of benzene rings is 2. The highest BCUT2D eigenvalue weighted by Gasteiger charge is 2.95. The second-order valence-electron chi connectivity index (χ2n) is 15.5. The Bertz CT molecular complexity index is 1960. The van der Waals surface area contributed by atoms with Gasteiger partial charge in [0.1, 0.15) is 24.2 Å². The van der Waals surface area contributed by atoms with Crippen LogP contribution < -0.4 is 20.3 Å². The van der Waals surface area contributed by atoms with Crippen LogP contribution in [0.2, 0.25) is 17.1 Å². The number of nitrogens with one attached hydrogen (secondary N) is 2. The second-order valence-corrected chi connectivity index (χ2v) is 20.5. The molecule has 0 heterocycles. The first-order chi connectivity index (χ1) is 29.9. The standard InChI is InChI=1S/C39H45F17N2O7Si/c1-21(2)66(22(3)4,19-16-32(40,41)33(42,43)34(44,45)35(46,47)36(48,49)37(50,51)38(52,53)39(54,55)56)64-18-17-63-28-12-8-25(9-13-28)30(24(6)23(5)20-29(59)58-61)65-31(60)57-26-10-14-27(62-7)15-11-26/h8-15,20-22,24,30,61H,16-19H2,1-7H3,(H,57,60)(H,58,59)/b23-20+/t24-,30+/m1/s1. The van der Waals surface area contributed by atoms with Gasteiger partial charge in [-0.15, -0.1) is 0 Å². The number of anilines is 1. The van der Waals surface area contributed by atoms with Gasteiger partial charge in [0.25, 0.3) is 5.91 Å². The molecule has 0 radical (unpaired) electrons. The fraction of sp³-hybridized carbons (Fsp3) is 0.590. The van der Waals surface area contributed by atoms with E-state index < -0.39 is 117 Å². The van der Waals surface area contributed by atoms with Gasteiger partial charge in [0, 0.05) is 24.1 Å². The van der Waals surface area contributed by atoms with Crippen LogP contribution in [0.3, 0.4) is 0 Å². The number of hydroxylamine groups is 1. The second kappa shape index (κ2) is 20.8. The largest absolute Gasteiger partial charge is 0.497 e. The maximum Gasteiger partial charge on any atom is 0.460 e. The third-order valence-corrected chi connectivity index (χ3v) is 16.4. The summed E-state index contributed by atoms with van der Waals surface area (Å²) in [5, 5.41) is 11.5. The highest BCUT2D eigenvalue weighted by Crippen LogP contribution is 2.64. The zero-order valence-electron chi connectivity index (χ0n) is 35.7. The average molecular weight is 1000 g/mol. The van der Waals surface area contributed by atoms with Crippen molar-refractivity contribution in [3.63, 3.8) is 0 Å². The highest BCUT2D eigenvalue weighted by atomic mass is 28.4. The van der Waals surface area contributed by atoms with Gasteiger partial charge in [-0.1, -0.05) is 52.3 Å². The molecule has 0 saturated carbocycles. The number of hydrogen-bond acceptors (Lipinski definition) is 7. The average Bonchev–Trinajstić information content (AvgIpc) is 3.21. The molecule has 0 saturated heterocycles. The summed E-state index contributed by atoms with van der Waals surface area (Å²) in [5.41, 5.74) is 0.619. The molecule has 376 valence electrons. The molecule has 27 heteroatoms. The van der Waals surface area contributed by atoms with Crippen molar-refractivity contribution in [1.29, 1.82) is 0 Å². The Morgan fingerprint density at radius 3 is 1.56 bits per heavy atom. The molecule has 0 unspecified atom stereocenters. The van der Waals surface area contributed by atoms with E-state index in [4.69, 9.17) is 23.8 Å². The van der Waals surface area contributed by atoms with Gasteiger partial charge in [0.15, 0.2) is 8.32 Å². The predicted octanol–water partition coefficient (Wildman–Crippen LogP) is 12.6. The van der Waals surface area contributed by atoms with Gasteiger partial charge in [-0.05, 0) is 66.0 Å². The minimum atomic E-state index is -8.71. The summed E-state index contributed by atoms with van der Waals surface area (Å²) < 4.78 is 258. The molecule has 0 aliphatic carbocycles. The molecule has 2 amide bonds. The zero-order chi connectivity index (χ0) is 51.3. The lowest BCUT2D eigenvalue weighted by atomic mass is 9.88. The molecule has 9 nitrogen and oxygen atoms in total. The Morgan fingerprint density at radius 1 is 0.667 bits per heavy atom. The third-order valence-electron chi connectivity index (χ3n) is 10.7. The van der Waals surface area contributed by atoms with Crippen LogP contribution in [0.4, 0.5) is 85.1 Å². The number of alkyl halides is 17. The molecule has 66 heavy (non-hydrogen) atoms. The zero-order valence-corrected chi connectivity index (χ0v) is 36.7. The SMILES string of the molecule is COc1ccc(NC(=O)O[C@H](c2ccc(OCCO[Si](CCC(F)(F)C(F)(F)C(F)(F)C(F)(F)C(F)(F)C(F)(F)C(F)(F)C(F)(F)F)(C(C)C)C(C)C)cc2)[C@H](C)/C(C)=C/C(=O)NO)cc1. The van der Waals surface area contributed by atoms with E-state index in [2.05, 4.69) is 5.32 Å². The van der Waals surface area contributed by atoms with Gasteiger partial charge < -0.3 is 18.6 Å². The van der Waals surface area contributed by atoms with Gasteiger partial charge in [0.2, 0.25) is 0 Å². The van der Waals surface area contributed by atoms with Gasteiger partial charge in [-0.2, -0.15) is 74.6 Å². The quantitative estimate of drug-likeness (QED) is 0.0254.